The molecule has 3 rings (SSSR count). The van der Waals surface area contributed by atoms with Crippen molar-refractivity contribution < 1.29 is 13.9 Å². The molecule has 0 amide bonds. The lowest BCUT2D eigenvalue weighted by Crippen LogP contribution is -2.07. The van der Waals surface area contributed by atoms with Crippen molar-refractivity contribution in [2.24, 2.45) is 0 Å². The van der Waals surface area contributed by atoms with Crippen molar-refractivity contribution in [2.45, 2.75) is 6.92 Å². The molecule has 0 saturated carbocycles. The Morgan fingerprint density at radius 2 is 2.05 bits per heavy atom. The number of benzene rings is 1. The number of carbonyl (C=O) groups excluding carboxylic acids is 1. The lowest BCUT2D eigenvalue weighted by molar-refractivity contribution is 0.0702. The van der Waals surface area contributed by atoms with Crippen molar-refractivity contribution in [1.82, 2.24) is 4.98 Å². The van der Waals surface area contributed by atoms with E-state index in [-0.39, 0.29) is 5.76 Å². The molecule has 0 bridgehead atoms. The maximum absolute atomic E-state index is 12.0. The quantitative estimate of drug-likeness (QED) is 0.523. The van der Waals surface area contributed by atoms with Crippen LogP contribution in [0.25, 0.3) is 10.9 Å². The number of para-hydroxylation sites is 1. The second kappa shape index (κ2) is 5.09. The van der Waals surface area contributed by atoms with E-state index < -0.39 is 5.97 Å². The first kappa shape index (κ1) is 12.9. The molecule has 0 aliphatic heterocycles. The number of pyridine rings is 1. The van der Waals surface area contributed by atoms with Crippen LogP contribution in [0.3, 0.4) is 0 Å². The summed E-state index contributed by atoms with van der Waals surface area (Å²) in [5.74, 6) is 0.0109. The number of hydrogen-bond donors (Lipinski definition) is 0. The highest BCUT2D eigenvalue weighted by atomic mass is 79.9. The van der Waals surface area contributed by atoms with Crippen LogP contribution < -0.4 is 4.74 Å². The number of esters is 1. The second-order valence-electron chi connectivity index (χ2n) is 4.27. The zero-order valence-corrected chi connectivity index (χ0v) is 12.2. The van der Waals surface area contributed by atoms with E-state index in [2.05, 4.69) is 20.9 Å². The Bertz CT molecular complexity index is 795. The minimum absolute atomic E-state index is 0.140. The van der Waals surface area contributed by atoms with Crippen molar-refractivity contribution in [3.63, 3.8) is 0 Å². The Labute approximate surface area is 123 Å². The van der Waals surface area contributed by atoms with E-state index in [0.29, 0.717) is 15.9 Å². The Kier molecular flexibility index (Phi) is 3.28. The van der Waals surface area contributed by atoms with Gasteiger partial charge in [0.1, 0.15) is 5.52 Å². The summed E-state index contributed by atoms with van der Waals surface area (Å²) in [5.41, 5.74) is 1.52. The average molecular weight is 332 g/mol. The summed E-state index contributed by atoms with van der Waals surface area (Å²) in [6.45, 7) is 1.89. The molecule has 0 N–H and O–H groups in total. The normalized spacial score (nSPS) is 10.7. The molecule has 20 heavy (non-hydrogen) atoms. The van der Waals surface area contributed by atoms with Gasteiger partial charge in [-0.1, -0.05) is 18.2 Å². The standard InChI is InChI=1S/C15H10BrNO3/c1-9-5-6-10-3-2-4-11(14(10)17-9)20-15(18)12-7-8-13(16)19-12/h2-8H,1H3. The number of rotatable bonds is 2. The Morgan fingerprint density at radius 3 is 2.80 bits per heavy atom. The maximum atomic E-state index is 12.0. The second-order valence-corrected chi connectivity index (χ2v) is 5.06. The van der Waals surface area contributed by atoms with E-state index in [9.17, 15) is 4.79 Å². The third-order valence-corrected chi connectivity index (χ3v) is 3.23. The van der Waals surface area contributed by atoms with E-state index in [1.165, 1.54) is 0 Å². The van der Waals surface area contributed by atoms with Crippen LogP contribution in [0.15, 0.2) is 51.6 Å². The first-order valence-electron chi connectivity index (χ1n) is 5.97. The SMILES string of the molecule is Cc1ccc2cccc(OC(=O)c3ccc(Br)o3)c2n1. The monoisotopic (exact) mass is 331 g/mol. The molecule has 0 aliphatic carbocycles. The number of nitrogens with zero attached hydrogens (tertiary/aromatic N) is 1. The third kappa shape index (κ3) is 2.44. The molecule has 0 saturated heterocycles. The van der Waals surface area contributed by atoms with E-state index in [0.717, 1.165) is 11.1 Å². The predicted octanol–water partition coefficient (Wildman–Crippen LogP) is 4.12. The van der Waals surface area contributed by atoms with Gasteiger partial charge in [-0.3, -0.25) is 0 Å². The summed E-state index contributed by atoms with van der Waals surface area (Å²) in [7, 11) is 0. The minimum Gasteiger partial charge on any atom is -0.442 e. The molecule has 100 valence electrons. The maximum Gasteiger partial charge on any atom is 0.379 e. The number of halogens is 1. The van der Waals surface area contributed by atoms with Gasteiger partial charge < -0.3 is 9.15 Å². The summed E-state index contributed by atoms with van der Waals surface area (Å²) < 4.78 is 11.0. The number of hydrogen-bond acceptors (Lipinski definition) is 4. The summed E-state index contributed by atoms with van der Waals surface area (Å²) in [4.78, 5) is 16.4. The van der Waals surface area contributed by atoms with Crippen LogP contribution in [0.5, 0.6) is 5.75 Å². The predicted molar refractivity (Wildman–Crippen MR) is 77.8 cm³/mol. The number of carbonyl (C=O) groups is 1. The summed E-state index contributed by atoms with van der Waals surface area (Å²) in [6, 6.07) is 12.5. The number of aryl methyl sites for hydroxylation is 1. The number of ether oxygens (including phenoxy) is 1. The van der Waals surface area contributed by atoms with Crippen molar-refractivity contribution in [2.75, 3.05) is 0 Å². The molecular formula is C15H10BrNO3. The van der Waals surface area contributed by atoms with Gasteiger partial charge in [0.25, 0.3) is 0 Å². The number of fused-ring (bicyclic) bond motifs is 1. The van der Waals surface area contributed by atoms with Crippen molar-refractivity contribution >= 4 is 32.8 Å². The van der Waals surface area contributed by atoms with Crippen LogP contribution in [0.1, 0.15) is 16.2 Å². The fourth-order valence-electron chi connectivity index (χ4n) is 1.87. The Morgan fingerprint density at radius 1 is 1.20 bits per heavy atom. The van der Waals surface area contributed by atoms with Crippen LogP contribution in [-0.4, -0.2) is 11.0 Å². The van der Waals surface area contributed by atoms with Gasteiger partial charge in [0.15, 0.2) is 10.4 Å². The lowest BCUT2D eigenvalue weighted by atomic mass is 10.2. The van der Waals surface area contributed by atoms with Crippen molar-refractivity contribution in [3.05, 3.63) is 58.6 Å². The molecule has 0 aliphatic rings. The zero-order chi connectivity index (χ0) is 14.1. The summed E-state index contributed by atoms with van der Waals surface area (Å²) >= 11 is 3.15. The highest BCUT2D eigenvalue weighted by Crippen LogP contribution is 2.25. The molecule has 5 heteroatoms. The van der Waals surface area contributed by atoms with Gasteiger partial charge in [-0.2, -0.15) is 0 Å². The Hall–Kier alpha value is -2.14. The molecule has 2 heterocycles. The summed E-state index contributed by atoms with van der Waals surface area (Å²) in [6.07, 6.45) is 0. The van der Waals surface area contributed by atoms with Crippen LogP contribution in [0.2, 0.25) is 0 Å². The van der Waals surface area contributed by atoms with Gasteiger partial charge >= 0.3 is 5.97 Å². The summed E-state index contributed by atoms with van der Waals surface area (Å²) in [5, 5.41) is 0.918. The van der Waals surface area contributed by atoms with Gasteiger partial charge in [-0.15, -0.1) is 0 Å². The first-order valence-corrected chi connectivity index (χ1v) is 6.77. The van der Waals surface area contributed by atoms with E-state index >= 15 is 0 Å². The molecule has 0 radical (unpaired) electrons. The molecule has 2 aromatic heterocycles. The largest absolute Gasteiger partial charge is 0.442 e. The molecule has 4 nitrogen and oxygen atoms in total. The Balaban J connectivity index is 1.98. The van der Waals surface area contributed by atoms with Gasteiger partial charge in [0.05, 0.1) is 0 Å². The van der Waals surface area contributed by atoms with Gasteiger partial charge in [-0.05, 0) is 47.1 Å². The van der Waals surface area contributed by atoms with Crippen LogP contribution in [0.4, 0.5) is 0 Å². The van der Waals surface area contributed by atoms with E-state index in [1.54, 1.807) is 18.2 Å². The fraction of sp³-hybridized carbons (Fsp3) is 0.0667. The molecule has 0 unspecified atom stereocenters. The molecule has 0 spiro atoms. The average Bonchev–Trinajstić information content (AvgIpc) is 2.86. The van der Waals surface area contributed by atoms with Crippen molar-refractivity contribution in [1.29, 1.82) is 0 Å². The number of furan rings is 1. The third-order valence-electron chi connectivity index (χ3n) is 2.80. The van der Waals surface area contributed by atoms with Gasteiger partial charge in [-0.25, -0.2) is 9.78 Å². The first-order chi connectivity index (χ1) is 9.63. The van der Waals surface area contributed by atoms with E-state index in [4.69, 9.17) is 9.15 Å². The molecule has 3 aromatic rings. The number of aromatic nitrogens is 1. The minimum atomic E-state index is -0.550. The van der Waals surface area contributed by atoms with Crippen molar-refractivity contribution in [3.8, 4) is 5.75 Å². The zero-order valence-electron chi connectivity index (χ0n) is 10.6. The van der Waals surface area contributed by atoms with Gasteiger partial charge in [0.2, 0.25) is 5.76 Å². The van der Waals surface area contributed by atoms with Crippen LogP contribution >= 0.6 is 15.9 Å². The van der Waals surface area contributed by atoms with Gasteiger partial charge in [0, 0.05) is 11.1 Å². The highest BCUT2D eigenvalue weighted by Gasteiger charge is 2.15. The lowest BCUT2D eigenvalue weighted by Gasteiger charge is -2.06. The van der Waals surface area contributed by atoms with E-state index in [1.807, 2.05) is 31.2 Å². The molecular weight excluding hydrogens is 322 g/mol. The topological polar surface area (TPSA) is 52.3 Å². The molecule has 0 atom stereocenters. The smallest absolute Gasteiger partial charge is 0.379 e. The fourth-order valence-corrected chi connectivity index (χ4v) is 2.18. The molecule has 1 aromatic carbocycles. The highest BCUT2D eigenvalue weighted by molar-refractivity contribution is 9.10. The molecule has 0 fully saturated rings. The van der Waals surface area contributed by atoms with Crippen LogP contribution in [-0.2, 0) is 0 Å². The van der Waals surface area contributed by atoms with Crippen LogP contribution in [0, 0.1) is 6.92 Å².